The molecule has 4 nitrogen and oxygen atoms in total. The van der Waals surface area contributed by atoms with Gasteiger partial charge in [-0.25, -0.2) is 4.98 Å². The topological polar surface area (TPSA) is 28.6 Å². The molecule has 0 bridgehead atoms. The standard InChI is InChI=1S/C20H26BrN3OS/c21-18-10-4-5-12-24(18)19-13-22-20(26-19)23-11-6-9-17(14-23)25-15-16-7-2-1-3-8-16/h1-3,7-8,13,17-18H,4-6,9-12,14-15H2. The summed E-state index contributed by atoms with van der Waals surface area (Å²) in [7, 11) is 0. The van der Waals surface area contributed by atoms with Crippen molar-refractivity contribution in [3.63, 3.8) is 0 Å². The van der Waals surface area contributed by atoms with Crippen LogP contribution >= 0.6 is 27.3 Å². The van der Waals surface area contributed by atoms with Crippen LogP contribution in [0.1, 0.15) is 37.7 Å². The zero-order chi connectivity index (χ0) is 17.8. The predicted molar refractivity (Wildman–Crippen MR) is 112 cm³/mol. The van der Waals surface area contributed by atoms with Gasteiger partial charge in [-0.2, -0.15) is 0 Å². The zero-order valence-corrected chi connectivity index (χ0v) is 17.4. The monoisotopic (exact) mass is 435 g/mol. The van der Waals surface area contributed by atoms with Crippen molar-refractivity contribution in [2.45, 2.75) is 49.8 Å². The lowest BCUT2D eigenvalue weighted by molar-refractivity contribution is 0.0315. The molecule has 0 spiro atoms. The molecule has 140 valence electrons. The molecule has 0 saturated carbocycles. The van der Waals surface area contributed by atoms with Gasteiger partial charge in [0.25, 0.3) is 0 Å². The molecule has 1 aromatic carbocycles. The molecule has 2 aromatic rings. The molecule has 26 heavy (non-hydrogen) atoms. The molecule has 0 N–H and O–H groups in total. The van der Waals surface area contributed by atoms with E-state index < -0.39 is 0 Å². The third-order valence-electron chi connectivity index (χ3n) is 5.17. The maximum atomic E-state index is 6.18. The molecule has 2 aliphatic rings. The van der Waals surface area contributed by atoms with Crippen LogP contribution in [0.5, 0.6) is 0 Å². The van der Waals surface area contributed by atoms with Crippen LogP contribution in [0.2, 0.25) is 0 Å². The molecule has 3 heterocycles. The van der Waals surface area contributed by atoms with Crippen molar-refractivity contribution in [3.05, 3.63) is 42.1 Å². The number of anilines is 2. The fourth-order valence-electron chi connectivity index (χ4n) is 3.71. The Balaban J connectivity index is 1.35. The minimum absolute atomic E-state index is 0.287. The second kappa shape index (κ2) is 8.72. The van der Waals surface area contributed by atoms with E-state index >= 15 is 0 Å². The van der Waals surface area contributed by atoms with E-state index in [-0.39, 0.29) is 6.10 Å². The largest absolute Gasteiger partial charge is 0.372 e. The summed E-state index contributed by atoms with van der Waals surface area (Å²) in [6.45, 7) is 3.84. The Bertz CT molecular complexity index is 695. The van der Waals surface area contributed by atoms with Crippen LogP contribution in [0, 0.1) is 0 Å². The highest BCUT2D eigenvalue weighted by atomic mass is 79.9. The highest BCUT2D eigenvalue weighted by Crippen LogP contribution is 2.36. The Labute approximate surface area is 168 Å². The van der Waals surface area contributed by atoms with Gasteiger partial charge in [0, 0.05) is 19.6 Å². The minimum Gasteiger partial charge on any atom is -0.372 e. The van der Waals surface area contributed by atoms with E-state index in [4.69, 9.17) is 9.72 Å². The number of aromatic nitrogens is 1. The summed E-state index contributed by atoms with van der Waals surface area (Å²) in [5.41, 5.74) is 1.25. The van der Waals surface area contributed by atoms with Gasteiger partial charge in [0.2, 0.25) is 0 Å². The van der Waals surface area contributed by atoms with E-state index in [1.807, 2.05) is 23.6 Å². The van der Waals surface area contributed by atoms with Crippen LogP contribution in [-0.4, -0.2) is 35.7 Å². The molecular weight excluding hydrogens is 410 g/mol. The van der Waals surface area contributed by atoms with Gasteiger partial charge in [-0.05, 0) is 37.7 Å². The Hall–Kier alpha value is -1.11. The zero-order valence-electron chi connectivity index (χ0n) is 15.0. The van der Waals surface area contributed by atoms with Crippen molar-refractivity contribution in [2.75, 3.05) is 29.4 Å². The van der Waals surface area contributed by atoms with E-state index in [2.05, 4.69) is 50.0 Å². The van der Waals surface area contributed by atoms with Crippen molar-refractivity contribution in [1.82, 2.24) is 4.98 Å². The van der Waals surface area contributed by atoms with E-state index in [0.717, 1.165) is 31.2 Å². The lowest BCUT2D eigenvalue weighted by Gasteiger charge is -2.33. The molecule has 0 amide bonds. The van der Waals surface area contributed by atoms with Gasteiger partial charge >= 0.3 is 0 Å². The van der Waals surface area contributed by atoms with Crippen molar-refractivity contribution in [3.8, 4) is 0 Å². The fourth-order valence-corrected chi connectivity index (χ4v) is 5.62. The Morgan fingerprint density at radius 1 is 1.12 bits per heavy atom. The average Bonchev–Trinajstić information content (AvgIpc) is 3.18. The Kier molecular flexibility index (Phi) is 6.12. The number of rotatable bonds is 5. The number of halogens is 1. The summed E-state index contributed by atoms with van der Waals surface area (Å²) in [4.78, 5) is 10.0. The van der Waals surface area contributed by atoms with Crippen molar-refractivity contribution in [1.29, 1.82) is 0 Å². The number of ether oxygens (including phenoxy) is 1. The van der Waals surface area contributed by atoms with Gasteiger partial charge in [-0.3, -0.25) is 0 Å². The first-order chi connectivity index (χ1) is 12.8. The number of hydrogen-bond acceptors (Lipinski definition) is 5. The van der Waals surface area contributed by atoms with Crippen molar-refractivity contribution < 1.29 is 4.74 Å². The first kappa shape index (κ1) is 18.3. The summed E-state index contributed by atoms with van der Waals surface area (Å²) in [6.07, 6.45) is 8.44. The first-order valence-corrected chi connectivity index (χ1v) is 11.3. The quantitative estimate of drug-likeness (QED) is 0.485. The van der Waals surface area contributed by atoms with Gasteiger partial charge < -0.3 is 14.5 Å². The lowest BCUT2D eigenvalue weighted by atomic mass is 10.1. The van der Waals surface area contributed by atoms with Crippen LogP contribution < -0.4 is 9.80 Å². The minimum atomic E-state index is 0.287. The van der Waals surface area contributed by atoms with E-state index in [0.29, 0.717) is 11.6 Å². The maximum absolute atomic E-state index is 6.18. The predicted octanol–water partition coefficient (Wildman–Crippen LogP) is 5.04. The van der Waals surface area contributed by atoms with Gasteiger partial charge in [-0.15, -0.1) is 0 Å². The lowest BCUT2D eigenvalue weighted by Crippen LogP contribution is -2.39. The number of piperidine rings is 2. The Morgan fingerprint density at radius 3 is 2.85 bits per heavy atom. The van der Waals surface area contributed by atoms with Gasteiger partial charge in [0.05, 0.1) is 23.9 Å². The molecule has 2 aliphatic heterocycles. The number of alkyl halides is 1. The molecule has 2 saturated heterocycles. The second-order valence-electron chi connectivity index (χ2n) is 7.11. The number of hydrogen-bond donors (Lipinski definition) is 0. The smallest absolute Gasteiger partial charge is 0.187 e. The van der Waals surface area contributed by atoms with Gasteiger partial charge in [-0.1, -0.05) is 57.6 Å². The highest BCUT2D eigenvalue weighted by Gasteiger charge is 2.26. The SMILES string of the molecule is BrC1CCCCN1c1cnc(N2CCCC(OCc3ccccc3)C2)s1. The summed E-state index contributed by atoms with van der Waals surface area (Å²) < 4.78 is 6.18. The van der Waals surface area contributed by atoms with Crippen LogP contribution in [0.25, 0.3) is 0 Å². The number of nitrogens with zero attached hydrogens (tertiary/aromatic N) is 3. The van der Waals surface area contributed by atoms with Crippen molar-refractivity contribution >= 4 is 37.4 Å². The summed E-state index contributed by atoms with van der Waals surface area (Å²) >= 11 is 5.64. The second-order valence-corrected chi connectivity index (χ2v) is 9.16. The van der Waals surface area contributed by atoms with Crippen LogP contribution in [0.15, 0.2) is 36.5 Å². The molecule has 1 aromatic heterocycles. The van der Waals surface area contributed by atoms with Crippen molar-refractivity contribution in [2.24, 2.45) is 0 Å². The molecule has 6 heteroatoms. The van der Waals surface area contributed by atoms with E-state index in [1.54, 1.807) is 0 Å². The van der Waals surface area contributed by atoms with Crippen LogP contribution in [-0.2, 0) is 11.3 Å². The summed E-state index contributed by atoms with van der Waals surface area (Å²) in [5, 5.41) is 2.42. The molecule has 2 atom stereocenters. The average molecular weight is 436 g/mol. The third-order valence-corrected chi connectivity index (χ3v) is 7.22. The summed E-state index contributed by atoms with van der Waals surface area (Å²) in [6, 6.07) is 10.4. The molecule has 4 rings (SSSR count). The molecule has 2 fully saturated rings. The first-order valence-electron chi connectivity index (χ1n) is 9.56. The third kappa shape index (κ3) is 4.41. The molecule has 2 unspecified atom stereocenters. The van der Waals surface area contributed by atoms with Gasteiger partial charge in [0.15, 0.2) is 5.13 Å². The van der Waals surface area contributed by atoms with E-state index in [9.17, 15) is 0 Å². The molecule has 0 radical (unpaired) electrons. The van der Waals surface area contributed by atoms with Gasteiger partial charge in [0.1, 0.15) is 5.00 Å². The summed E-state index contributed by atoms with van der Waals surface area (Å²) in [5.74, 6) is 0. The number of thiazole rings is 1. The fraction of sp³-hybridized carbons (Fsp3) is 0.550. The highest BCUT2D eigenvalue weighted by molar-refractivity contribution is 9.09. The molecule has 0 aliphatic carbocycles. The van der Waals surface area contributed by atoms with E-state index in [1.165, 1.54) is 36.2 Å². The maximum Gasteiger partial charge on any atom is 0.187 e. The van der Waals surface area contributed by atoms with Crippen LogP contribution in [0.4, 0.5) is 10.1 Å². The molecular formula is C20H26BrN3OS. The number of benzene rings is 1. The Morgan fingerprint density at radius 2 is 2.00 bits per heavy atom. The normalized spacial score (nSPS) is 24.0. The van der Waals surface area contributed by atoms with Crippen LogP contribution in [0.3, 0.4) is 0 Å².